The van der Waals surface area contributed by atoms with E-state index in [9.17, 15) is 15.0 Å². The van der Waals surface area contributed by atoms with E-state index in [-0.39, 0.29) is 35.4 Å². The van der Waals surface area contributed by atoms with Crippen LogP contribution in [0, 0.1) is 5.92 Å². The molecule has 3 rings (SSSR count). The Labute approximate surface area is 162 Å². The maximum absolute atomic E-state index is 11.4. The van der Waals surface area contributed by atoms with Gasteiger partial charge in [-0.05, 0) is 36.8 Å². The number of hydrogen-bond donors (Lipinski definition) is 5. The number of nitrogens with one attached hydrogen (secondary N) is 2. The molecule has 1 aliphatic rings. The summed E-state index contributed by atoms with van der Waals surface area (Å²) in [6, 6.07) is 10.6. The van der Waals surface area contributed by atoms with E-state index < -0.39 is 0 Å². The molecule has 2 aromatic carbocycles. The monoisotopic (exact) mass is 381 g/mol. The first-order chi connectivity index (χ1) is 13.4. The average molecular weight is 381 g/mol. The summed E-state index contributed by atoms with van der Waals surface area (Å²) in [5.74, 6) is -0.139. The lowest BCUT2D eigenvalue weighted by molar-refractivity contribution is -0.121. The number of carbonyl (C=O) groups excluding carboxylic acids is 1. The Morgan fingerprint density at radius 1 is 1.29 bits per heavy atom. The van der Waals surface area contributed by atoms with E-state index >= 15 is 0 Å². The first-order valence-electron chi connectivity index (χ1n) is 8.92. The number of nitrogens with two attached hydrogens (primary N) is 1. The number of anilines is 1. The molecule has 1 unspecified atom stereocenters. The van der Waals surface area contributed by atoms with E-state index in [4.69, 9.17) is 5.73 Å². The minimum atomic E-state index is -0.0766. The number of phenolic OH excluding ortho intramolecular Hbond substituents is 2. The predicted molar refractivity (Wildman–Crippen MR) is 108 cm³/mol. The Morgan fingerprint density at radius 3 is 2.64 bits per heavy atom. The molecule has 0 saturated heterocycles. The van der Waals surface area contributed by atoms with Crippen LogP contribution in [0.1, 0.15) is 37.0 Å². The molecule has 0 radical (unpaired) electrons. The predicted octanol–water partition coefficient (Wildman–Crippen LogP) is 2.25. The number of hydrazone groups is 2. The van der Waals surface area contributed by atoms with Crippen LogP contribution in [0.25, 0.3) is 0 Å². The van der Waals surface area contributed by atoms with Crippen molar-refractivity contribution in [3.63, 3.8) is 0 Å². The number of hydrogen-bond acceptors (Lipinski definition) is 7. The van der Waals surface area contributed by atoms with E-state index in [1.807, 2.05) is 31.2 Å². The van der Waals surface area contributed by atoms with Crippen LogP contribution in [0.3, 0.4) is 0 Å². The SMILES string of the molecule is CC(=NNc1ccc(C2=NNC(=O)CC2C)cc1)c1ccc(O)c(CN)c1O. The van der Waals surface area contributed by atoms with Gasteiger partial charge in [-0.2, -0.15) is 10.2 Å². The average Bonchev–Trinajstić information content (AvgIpc) is 2.67. The zero-order valence-electron chi connectivity index (χ0n) is 15.7. The third-order valence-corrected chi connectivity index (χ3v) is 4.64. The standard InChI is InChI=1S/C20H23N5O3/c1-11-9-18(27)24-25-19(11)13-3-5-14(6-4-13)23-22-12(2)15-7-8-17(26)16(10-21)20(15)28/h3-8,11,23,26,28H,9-10,21H2,1-2H3,(H,24,27). The third kappa shape index (κ3) is 3.96. The first-order valence-corrected chi connectivity index (χ1v) is 8.92. The van der Waals surface area contributed by atoms with E-state index in [0.29, 0.717) is 17.7 Å². The van der Waals surface area contributed by atoms with Crippen LogP contribution in [-0.2, 0) is 11.3 Å². The highest BCUT2D eigenvalue weighted by Gasteiger charge is 2.21. The minimum Gasteiger partial charge on any atom is -0.507 e. The molecule has 2 aromatic rings. The van der Waals surface area contributed by atoms with Crippen molar-refractivity contribution in [3.05, 3.63) is 53.1 Å². The van der Waals surface area contributed by atoms with Gasteiger partial charge >= 0.3 is 0 Å². The van der Waals surface area contributed by atoms with Crippen LogP contribution >= 0.6 is 0 Å². The van der Waals surface area contributed by atoms with Gasteiger partial charge in [0.05, 0.1) is 17.1 Å². The number of aromatic hydroxyl groups is 2. The Bertz CT molecular complexity index is 951. The van der Waals surface area contributed by atoms with Crippen molar-refractivity contribution in [2.45, 2.75) is 26.8 Å². The number of nitrogens with zero attached hydrogens (tertiary/aromatic N) is 2. The van der Waals surface area contributed by atoms with Crippen molar-refractivity contribution in [2.75, 3.05) is 5.43 Å². The van der Waals surface area contributed by atoms with Crippen molar-refractivity contribution in [2.24, 2.45) is 21.9 Å². The molecule has 1 atom stereocenters. The van der Waals surface area contributed by atoms with Crippen molar-refractivity contribution < 1.29 is 15.0 Å². The molecule has 0 fully saturated rings. The number of benzene rings is 2. The lowest BCUT2D eigenvalue weighted by atomic mass is 9.94. The summed E-state index contributed by atoms with van der Waals surface area (Å²) in [4.78, 5) is 11.4. The summed E-state index contributed by atoms with van der Waals surface area (Å²) in [5, 5.41) is 28.5. The zero-order chi connectivity index (χ0) is 20.3. The van der Waals surface area contributed by atoms with Crippen LogP contribution < -0.4 is 16.6 Å². The maximum Gasteiger partial charge on any atom is 0.240 e. The molecular weight excluding hydrogens is 358 g/mol. The second-order valence-electron chi connectivity index (χ2n) is 6.69. The number of rotatable bonds is 5. The molecular formula is C20H23N5O3. The van der Waals surface area contributed by atoms with Crippen molar-refractivity contribution >= 4 is 23.0 Å². The lowest BCUT2D eigenvalue weighted by Crippen LogP contribution is -2.31. The highest BCUT2D eigenvalue weighted by molar-refractivity contribution is 6.06. The van der Waals surface area contributed by atoms with E-state index in [1.54, 1.807) is 13.0 Å². The highest BCUT2D eigenvalue weighted by atomic mass is 16.3. The number of carbonyl (C=O) groups is 1. The van der Waals surface area contributed by atoms with Gasteiger partial charge in [-0.15, -0.1) is 0 Å². The maximum atomic E-state index is 11.4. The molecule has 146 valence electrons. The summed E-state index contributed by atoms with van der Waals surface area (Å²) < 4.78 is 0. The number of phenols is 2. The summed E-state index contributed by atoms with van der Waals surface area (Å²) in [6.07, 6.45) is 0.420. The fraction of sp³-hybridized carbons (Fsp3) is 0.250. The van der Waals surface area contributed by atoms with E-state index in [2.05, 4.69) is 21.1 Å². The quantitative estimate of drug-likeness (QED) is 0.400. The van der Waals surface area contributed by atoms with Crippen molar-refractivity contribution in [1.29, 1.82) is 0 Å². The van der Waals surface area contributed by atoms with E-state index in [1.165, 1.54) is 6.07 Å². The van der Waals surface area contributed by atoms with Gasteiger partial charge in [0.25, 0.3) is 0 Å². The normalized spacial score (nSPS) is 17.1. The van der Waals surface area contributed by atoms with Crippen LogP contribution in [0.15, 0.2) is 46.6 Å². The molecule has 28 heavy (non-hydrogen) atoms. The molecule has 0 spiro atoms. The van der Waals surface area contributed by atoms with Crippen molar-refractivity contribution in [1.82, 2.24) is 5.43 Å². The van der Waals surface area contributed by atoms with Crippen LogP contribution in [0.5, 0.6) is 11.5 Å². The molecule has 1 aliphatic heterocycles. The molecule has 1 amide bonds. The molecule has 0 saturated carbocycles. The van der Waals surface area contributed by atoms with Gasteiger partial charge in [-0.3, -0.25) is 10.2 Å². The second kappa shape index (κ2) is 8.10. The Balaban J connectivity index is 1.75. The summed E-state index contributed by atoms with van der Waals surface area (Å²) in [5.41, 5.74) is 14.9. The molecule has 0 bridgehead atoms. The summed E-state index contributed by atoms with van der Waals surface area (Å²) >= 11 is 0. The van der Waals surface area contributed by atoms with Gasteiger partial charge in [0.2, 0.25) is 5.91 Å². The molecule has 8 heteroatoms. The van der Waals surface area contributed by atoms with Crippen LogP contribution in [0.4, 0.5) is 5.69 Å². The van der Waals surface area contributed by atoms with Gasteiger partial charge in [0.15, 0.2) is 0 Å². The van der Waals surface area contributed by atoms with Gasteiger partial charge in [0, 0.05) is 30.0 Å². The summed E-state index contributed by atoms with van der Waals surface area (Å²) in [6.45, 7) is 3.74. The first kappa shape index (κ1) is 19.4. The molecule has 0 aromatic heterocycles. The molecule has 0 aliphatic carbocycles. The Kier molecular flexibility index (Phi) is 5.60. The molecule has 6 N–H and O–H groups in total. The van der Waals surface area contributed by atoms with Gasteiger partial charge in [0.1, 0.15) is 11.5 Å². The number of amides is 1. The van der Waals surface area contributed by atoms with Gasteiger partial charge < -0.3 is 15.9 Å². The Morgan fingerprint density at radius 2 is 2.00 bits per heavy atom. The van der Waals surface area contributed by atoms with Crippen LogP contribution in [0.2, 0.25) is 0 Å². The lowest BCUT2D eigenvalue weighted by Gasteiger charge is -2.19. The largest absolute Gasteiger partial charge is 0.507 e. The third-order valence-electron chi connectivity index (χ3n) is 4.64. The minimum absolute atomic E-state index is 0.0242. The Hall–Kier alpha value is -3.39. The second-order valence-corrected chi connectivity index (χ2v) is 6.69. The molecule has 8 nitrogen and oxygen atoms in total. The smallest absolute Gasteiger partial charge is 0.240 e. The van der Waals surface area contributed by atoms with Gasteiger partial charge in [-0.1, -0.05) is 19.1 Å². The zero-order valence-corrected chi connectivity index (χ0v) is 15.7. The van der Waals surface area contributed by atoms with Gasteiger partial charge in [-0.25, -0.2) is 5.43 Å². The van der Waals surface area contributed by atoms with E-state index in [0.717, 1.165) is 17.0 Å². The topological polar surface area (TPSA) is 132 Å². The van der Waals surface area contributed by atoms with Crippen LogP contribution in [-0.4, -0.2) is 27.5 Å². The molecule has 1 heterocycles. The fourth-order valence-electron chi connectivity index (χ4n) is 3.05. The highest BCUT2D eigenvalue weighted by Crippen LogP contribution is 2.30. The summed E-state index contributed by atoms with van der Waals surface area (Å²) in [7, 11) is 0. The fourth-order valence-corrected chi connectivity index (χ4v) is 3.05. The van der Waals surface area contributed by atoms with Crippen molar-refractivity contribution in [3.8, 4) is 11.5 Å².